The Bertz CT molecular complexity index is 882. The van der Waals surface area contributed by atoms with Gasteiger partial charge in [-0.1, -0.05) is 30.3 Å². The zero-order valence-electron chi connectivity index (χ0n) is 10.6. The van der Waals surface area contributed by atoms with Crippen molar-refractivity contribution >= 4 is 21.9 Å². The van der Waals surface area contributed by atoms with Crippen LogP contribution >= 0.6 is 0 Å². The summed E-state index contributed by atoms with van der Waals surface area (Å²) in [6, 6.07) is 16.5. The second-order valence-electron chi connectivity index (χ2n) is 4.85. The predicted octanol–water partition coefficient (Wildman–Crippen LogP) is 4.69. The lowest BCUT2D eigenvalue weighted by Crippen LogP contribution is -1.89. The number of aryl methyl sites for hydroxylation is 1. The molecule has 2 heterocycles. The molecule has 0 N–H and O–H groups in total. The Labute approximate surface area is 110 Å². The molecule has 0 unspecified atom stereocenters. The molecule has 0 saturated carbocycles. The highest BCUT2D eigenvalue weighted by atomic mass is 16.3. The quantitative estimate of drug-likeness (QED) is 0.477. The van der Waals surface area contributed by atoms with E-state index in [1.165, 1.54) is 16.3 Å². The highest BCUT2D eigenvalue weighted by Gasteiger charge is 2.10. The van der Waals surface area contributed by atoms with Gasteiger partial charge in [0.2, 0.25) is 0 Å². The van der Waals surface area contributed by atoms with E-state index in [-0.39, 0.29) is 0 Å². The Kier molecular flexibility index (Phi) is 2.06. The summed E-state index contributed by atoms with van der Waals surface area (Å²) in [5.41, 5.74) is 4.21. The van der Waals surface area contributed by atoms with Crippen LogP contribution < -0.4 is 0 Å². The van der Waals surface area contributed by atoms with Gasteiger partial charge >= 0.3 is 0 Å². The third-order valence-electron chi connectivity index (χ3n) is 3.50. The number of aromatic nitrogens is 1. The van der Waals surface area contributed by atoms with E-state index in [0.29, 0.717) is 0 Å². The van der Waals surface area contributed by atoms with Crippen molar-refractivity contribution in [3.63, 3.8) is 0 Å². The van der Waals surface area contributed by atoms with E-state index < -0.39 is 0 Å². The van der Waals surface area contributed by atoms with E-state index in [0.717, 1.165) is 16.9 Å². The first kappa shape index (κ1) is 10.4. The Morgan fingerprint density at radius 3 is 2.58 bits per heavy atom. The van der Waals surface area contributed by atoms with Gasteiger partial charge in [0.15, 0.2) is 5.58 Å². The molecule has 2 nitrogen and oxygen atoms in total. The van der Waals surface area contributed by atoms with Crippen molar-refractivity contribution in [2.75, 3.05) is 0 Å². The summed E-state index contributed by atoms with van der Waals surface area (Å²) in [6.45, 7) is 2.09. The summed E-state index contributed by atoms with van der Waals surface area (Å²) < 4.78 is 8.14. The number of benzene rings is 2. The van der Waals surface area contributed by atoms with Crippen molar-refractivity contribution in [3.8, 4) is 5.69 Å². The van der Waals surface area contributed by atoms with Gasteiger partial charge < -0.3 is 8.98 Å². The normalized spacial score (nSPS) is 11.4. The smallest absolute Gasteiger partial charge is 0.159 e. The third-order valence-corrected chi connectivity index (χ3v) is 3.50. The van der Waals surface area contributed by atoms with E-state index in [2.05, 4.69) is 54.2 Å². The van der Waals surface area contributed by atoms with Crippen LogP contribution in [0.5, 0.6) is 0 Å². The second kappa shape index (κ2) is 3.75. The summed E-state index contributed by atoms with van der Waals surface area (Å²) in [5, 5.41) is 2.34. The van der Waals surface area contributed by atoms with Gasteiger partial charge in [-0.05, 0) is 30.7 Å². The molecule has 0 spiro atoms. The van der Waals surface area contributed by atoms with Crippen molar-refractivity contribution < 1.29 is 4.42 Å². The van der Waals surface area contributed by atoms with E-state index in [1.54, 1.807) is 0 Å². The van der Waals surface area contributed by atoms with Crippen LogP contribution in [0.3, 0.4) is 0 Å². The topological polar surface area (TPSA) is 18.1 Å². The molecule has 0 radical (unpaired) electrons. The van der Waals surface area contributed by atoms with Crippen LogP contribution in [0.4, 0.5) is 0 Å². The van der Waals surface area contributed by atoms with Crippen molar-refractivity contribution in [1.82, 2.24) is 4.57 Å². The van der Waals surface area contributed by atoms with E-state index >= 15 is 0 Å². The van der Waals surface area contributed by atoms with Gasteiger partial charge in [-0.25, -0.2) is 0 Å². The molecule has 0 amide bonds. The molecule has 4 aromatic rings. The summed E-state index contributed by atoms with van der Waals surface area (Å²) in [4.78, 5) is 0. The lowest BCUT2D eigenvalue weighted by molar-refractivity contribution is 0.665. The molecule has 4 rings (SSSR count). The zero-order chi connectivity index (χ0) is 12.8. The summed E-state index contributed by atoms with van der Waals surface area (Å²) in [6.07, 6.45) is 4.18. The summed E-state index contributed by atoms with van der Waals surface area (Å²) in [5.74, 6) is 0. The molecule has 0 bridgehead atoms. The minimum Gasteiger partial charge on any atom is -0.454 e. The highest BCUT2D eigenvalue weighted by molar-refractivity contribution is 6.07. The maximum absolute atomic E-state index is 6.03. The van der Waals surface area contributed by atoms with Gasteiger partial charge in [0.25, 0.3) is 0 Å². The monoisotopic (exact) mass is 247 g/mol. The average Bonchev–Trinajstić information content (AvgIpc) is 3.02. The molecule has 0 aliphatic rings. The Morgan fingerprint density at radius 1 is 0.895 bits per heavy atom. The van der Waals surface area contributed by atoms with Gasteiger partial charge in [0.05, 0.1) is 5.69 Å². The molecule has 2 heteroatoms. The molecule has 0 atom stereocenters. The number of hydrogen-bond donors (Lipinski definition) is 0. The van der Waals surface area contributed by atoms with Crippen LogP contribution in [0.2, 0.25) is 0 Å². The highest BCUT2D eigenvalue weighted by Crippen LogP contribution is 2.32. The number of fused-ring (bicyclic) bond motifs is 3. The van der Waals surface area contributed by atoms with Crippen molar-refractivity contribution in [2.24, 2.45) is 0 Å². The average molecular weight is 247 g/mol. The molecule has 19 heavy (non-hydrogen) atoms. The fraction of sp³-hybridized carbons (Fsp3) is 0.0588. The van der Waals surface area contributed by atoms with Crippen LogP contribution in [0.25, 0.3) is 27.6 Å². The van der Waals surface area contributed by atoms with Crippen LogP contribution in [0.1, 0.15) is 5.56 Å². The lowest BCUT2D eigenvalue weighted by atomic mass is 10.1. The lowest BCUT2D eigenvalue weighted by Gasteiger charge is -2.03. The molecule has 92 valence electrons. The summed E-state index contributed by atoms with van der Waals surface area (Å²) in [7, 11) is 0. The maximum Gasteiger partial charge on any atom is 0.159 e. The first-order valence-corrected chi connectivity index (χ1v) is 6.38. The second-order valence-corrected chi connectivity index (χ2v) is 4.85. The number of para-hydroxylation sites is 2. The fourth-order valence-electron chi connectivity index (χ4n) is 2.59. The van der Waals surface area contributed by atoms with Crippen LogP contribution in [-0.2, 0) is 0 Å². The Hall–Kier alpha value is -2.48. The van der Waals surface area contributed by atoms with Gasteiger partial charge in [0, 0.05) is 23.2 Å². The van der Waals surface area contributed by atoms with Gasteiger partial charge in [-0.3, -0.25) is 0 Å². The number of nitrogens with zero attached hydrogens (tertiary/aromatic N) is 1. The number of rotatable bonds is 1. The zero-order valence-corrected chi connectivity index (χ0v) is 10.6. The molecule has 0 fully saturated rings. The molecular weight excluding hydrogens is 234 g/mol. The van der Waals surface area contributed by atoms with Crippen LogP contribution in [0.15, 0.2) is 65.3 Å². The van der Waals surface area contributed by atoms with Crippen LogP contribution in [-0.4, -0.2) is 4.57 Å². The molecule has 2 aromatic heterocycles. The minimum atomic E-state index is 0.939. The largest absolute Gasteiger partial charge is 0.454 e. The van der Waals surface area contributed by atoms with Crippen molar-refractivity contribution in [1.29, 1.82) is 0 Å². The fourth-order valence-corrected chi connectivity index (χ4v) is 2.59. The van der Waals surface area contributed by atoms with Gasteiger partial charge in [-0.15, -0.1) is 0 Å². The van der Waals surface area contributed by atoms with Gasteiger partial charge in [0.1, 0.15) is 5.58 Å². The standard InChI is InChI=1S/C17H13NO/c1-12-9-10-18(11-12)15-7-4-6-14-13-5-2-3-8-16(13)19-17(14)15/h2-11H,1H3. The number of furan rings is 1. The molecule has 0 aliphatic heterocycles. The molecule has 2 aromatic carbocycles. The molecule has 0 aliphatic carbocycles. The van der Waals surface area contributed by atoms with E-state index in [9.17, 15) is 0 Å². The van der Waals surface area contributed by atoms with Crippen molar-refractivity contribution in [2.45, 2.75) is 6.92 Å². The predicted molar refractivity (Wildman–Crippen MR) is 77.8 cm³/mol. The maximum atomic E-state index is 6.03. The minimum absolute atomic E-state index is 0.939. The molecular formula is C17H13NO. The first-order valence-electron chi connectivity index (χ1n) is 6.38. The van der Waals surface area contributed by atoms with Crippen LogP contribution in [0, 0.1) is 6.92 Å². The van der Waals surface area contributed by atoms with E-state index in [4.69, 9.17) is 4.42 Å². The molecule has 0 saturated heterocycles. The number of hydrogen-bond acceptors (Lipinski definition) is 1. The van der Waals surface area contributed by atoms with Crippen molar-refractivity contribution in [3.05, 3.63) is 66.5 Å². The third kappa shape index (κ3) is 1.50. The van der Waals surface area contributed by atoms with Gasteiger partial charge in [-0.2, -0.15) is 0 Å². The SMILES string of the molecule is Cc1ccn(-c2cccc3c2oc2ccccc23)c1. The Balaban J connectivity index is 2.12. The first-order chi connectivity index (χ1) is 9.33. The Morgan fingerprint density at radius 2 is 1.74 bits per heavy atom. The van der Waals surface area contributed by atoms with E-state index in [1.807, 2.05) is 18.2 Å². The summed E-state index contributed by atoms with van der Waals surface area (Å²) >= 11 is 0.